The zero-order valence-electron chi connectivity index (χ0n) is 15.7. The second-order valence-corrected chi connectivity index (χ2v) is 8.44. The Morgan fingerprint density at radius 3 is 2.68 bits per heavy atom. The Balaban J connectivity index is 1.50. The van der Waals surface area contributed by atoms with Crippen molar-refractivity contribution < 1.29 is 4.79 Å². The van der Waals surface area contributed by atoms with E-state index in [0.717, 1.165) is 24.8 Å². The van der Waals surface area contributed by atoms with E-state index in [1.165, 1.54) is 22.3 Å². The van der Waals surface area contributed by atoms with Gasteiger partial charge in [-0.2, -0.15) is 0 Å². The van der Waals surface area contributed by atoms with Crippen LogP contribution in [0.5, 0.6) is 0 Å². The first-order chi connectivity index (χ1) is 13.5. The van der Waals surface area contributed by atoms with Gasteiger partial charge in [-0.1, -0.05) is 31.9 Å². The molecule has 0 radical (unpaired) electrons. The van der Waals surface area contributed by atoms with Crippen LogP contribution in [0.25, 0.3) is 10.2 Å². The first-order valence-corrected chi connectivity index (χ1v) is 10.5. The lowest BCUT2D eigenvalue weighted by molar-refractivity contribution is 0.0910. The summed E-state index contributed by atoms with van der Waals surface area (Å²) in [5, 5.41) is 4.93. The highest BCUT2D eigenvalue weighted by Crippen LogP contribution is 2.24. The molecule has 0 bridgehead atoms. The third-order valence-corrected chi connectivity index (χ3v) is 6.48. The molecule has 1 saturated carbocycles. The van der Waals surface area contributed by atoms with E-state index >= 15 is 0 Å². The summed E-state index contributed by atoms with van der Waals surface area (Å²) >= 11 is 1.31. The normalized spacial score (nSPS) is 19.6. The average molecular weight is 398 g/mol. The largest absolute Gasteiger partial charge is 0.349 e. The molecule has 1 fully saturated rings. The van der Waals surface area contributed by atoms with Crippen LogP contribution in [0.15, 0.2) is 45.3 Å². The smallest absolute Gasteiger partial charge is 0.329 e. The van der Waals surface area contributed by atoms with Crippen LogP contribution in [0.2, 0.25) is 0 Å². The predicted octanol–water partition coefficient (Wildman–Crippen LogP) is 3.11. The molecule has 0 aliphatic heterocycles. The van der Waals surface area contributed by atoms with E-state index in [2.05, 4.69) is 17.2 Å². The van der Waals surface area contributed by atoms with Crippen molar-refractivity contribution in [2.75, 3.05) is 0 Å². The molecular formula is C21H23N3O3S. The van der Waals surface area contributed by atoms with Gasteiger partial charge < -0.3 is 10.3 Å². The van der Waals surface area contributed by atoms with Gasteiger partial charge in [0.2, 0.25) is 0 Å². The maximum absolute atomic E-state index is 12.5. The number of rotatable bonds is 4. The van der Waals surface area contributed by atoms with E-state index in [1.54, 1.807) is 35.7 Å². The first kappa shape index (κ1) is 18.7. The summed E-state index contributed by atoms with van der Waals surface area (Å²) in [6.45, 7) is 2.36. The lowest BCUT2D eigenvalue weighted by Crippen LogP contribution is -2.41. The number of nitrogens with zero attached hydrogens (tertiary/aromatic N) is 1. The monoisotopic (exact) mass is 397 g/mol. The lowest BCUT2D eigenvalue weighted by atomic mass is 9.86. The second kappa shape index (κ2) is 7.75. The maximum atomic E-state index is 12.5. The summed E-state index contributed by atoms with van der Waals surface area (Å²) in [5.41, 5.74) is 1.24. The predicted molar refractivity (Wildman–Crippen MR) is 111 cm³/mol. The molecule has 1 amide bonds. The van der Waals surface area contributed by atoms with Crippen LogP contribution in [0.4, 0.5) is 0 Å². The SMILES string of the molecule is CC1CCCCC1NC(=O)c1ccc(Cn2c(=O)[nH]c3ccsc3c2=O)cc1. The van der Waals surface area contributed by atoms with Crippen molar-refractivity contribution in [1.82, 2.24) is 14.9 Å². The van der Waals surface area contributed by atoms with Gasteiger partial charge in [0.25, 0.3) is 11.5 Å². The van der Waals surface area contributed by atoms with Crippen molar-refractivity contribution in [3.05, 3.63) is 67.7 Å². The standard InChI is InChI=1S/C21H23N3O3S/c1-13-4-2-3-5-16(13)22-19(25)15-8-6-14(7-9-15)12-24-20(26)18-17(10-11-28-18)23-21(24)27/h6-11,13,16H,2-5,12H2,1H3,(H,22,25)(H,23,27). The highest BCUT2D eigenvalue weighted by molar-refractivity contribution is 7.17. The number of nitrogens with one attached hydrogen (secondary N) is 2. The quantitative estimate of drug-likeness (QED) is 0.709. The molecular weight excluding hydrogens is 374 g/mol. The van der Waals surface area contributed by atoms with Crippen molar-refractivity contribution >= 4 is 27.5 Å². The molecule has 2 N–H and O–H groups in total. The molecule has 6 nitrogen and oxygen atoms in total. The van der Waals surface area contributed by atoms with Crippen LogP contribution in [0.3, 0.4) is 0 Å². The molecule has 1 aromatic carbocycles. The fraction of sp³-hybridized carbons (Fsp3) is 0.381. The zero-order valence-corrected chi connectivity index (χ0v) is 16.6. The molecule has 3 aromatic rings. The number of benzene rings is 1. The van der Waals surface area contributed by atoms with E-state index in [9.17, 15) is 14.4 Å². The van der Waals surface area contributed by atoms with Crippen molar-refractivity contribution in [3.63, 3.8) is 0 Å². The number of hydrogen-bond donors (Lipinski definition) is 2. The molecule has 2 unspecified atom stereocenters. The van der Waals surface area contributed by atoms with Crippen LogP contribution >= 0.6 is 11.3 Å². The maximum Gasteiger partial charge on any atom is 0.329 e. The summed E-state index contributed by atoms with van der Waals surface area (Å²) in [7, 11) is 0. The minimum absolute atomic E-state index is 0.0691. The Bertz CT molecular complexity index is 1110. The van der Waals surface area contributed by atoms with E-state index < -0.39 is 5.69 Å². The highest BCUT2D eigenvalue weighted by atomic mass is 32.1. The number of carbonyl (C=O) groups is 1. The van der Waals surface area contributed by atoms with Crippen LogP contribution < -0.4 is 16.6 Å². The third-order valence-electron chi connectivity index (χ3n) is 5.58. The number of H-pyrrole nitrogens is 1. The van der Waals surface area contributed by atoms with Crippen LogP contribution in [-0.2, 0) is 6.54 Å². The average Bonchev–Trinajstić information content (AvgIpc) is 3.16. The van der Waals surface area contributed by atoms with Crippen LogP contribution in [0.1, 0.15) is 48.5 Å². The molecule has 7 heteroatoms. The molecule has 0 spiro atoms. The Kier molecular flexibility index (Phi) is 5.17. The molecule has 2 heterocycles. The fourth-order valence-corrected chi connectivity index (χ4v) is 4.64. The van der Waals surface area contributed by atoms with Gasteiger partial charge in [-0.25, -0.2) is 4.79 Å². The van der Waals surface area contributed by atoms with Gasteiger partial charge in [-0.15, -0.1) is 11.3 Å². The number of aromatic nitrogens is 2. The minimum atomic E-state index is -0.427. The van der Waals surface area contributed by atoms with Gasteiger partial charge in [0.1, 0.15) is 4.70 Å². The van der Waals surface area contributed by atoms with Gasteiger partial charge in [0.15, 0.2) is 0 Å². The topological polar surface area (TPSA) is 84.0 Å². The van der Waals surface area contributed by atoms with Gasteiger partial charge in [-0.05, 0) is 47.9 Å². The Morgan fingerprint density at radius 1 is 1.18 bits per heavy atom. The van der Waals surface area contributed by atoms with Crippen molar-refractivity contribution in [1.29, 1.82) is 0 Å². The third kappa shape index (κ3) is 3.67. The van der Waals surface area contributed by atoms with E-state index in [1.807, 2.05) is 0 Å². The minimum Gasteiger partial charge on any atom is -0.349 e. The molecule has 2 aromatic heterocycles. The van der Waals surface area contributed by atoms with Gasteiger partial charge in [-0.3, -0.25) is 14.2 Å². The number of amides is 1. The fourth-order valence-electron chi connectivity index (χ4n) is 3.84. The van der Waals surface area contributed by atoms with Crippen molar-refractivity contribution in [2.45, 2.75) is 45.2 Å². The number of carbonyl (C=O) groups excluding carboxylic acids is 1. The van der Waals surface area contributed by atoms with Crippen molar-refractivity contribution in [3.8, 4) is 0 Å². The number of fused-ring (bicyclic) bond motifs is 1. The summed E-state index contributed by atoms with van der Waals surface area (Å²) in [6.07, 6.45) is 4.58. The molecule has 1 aliphatic carbocycles. The second-order valence-electron chi connectivity index (χ2n) is 7.52. The number of hydrogen-bond acceptors (Lipinski definition) is 4. The summed E-state index contributed by atoms with van der Waals surface area (Å²) in [4.78, 5) is 40.0. The first-order valence-electron chi connectivity index (χ1n) is 9.63. The lowest BCUT2D eigenvalue weighted by Gasteiger charge is -2.29. The Labute approximate surface area is 166 Å². The van der Waals surface area contributed by atoms with Crippen LogP contribution in [-0.4, -0.2) is 21.5 Å². The number of aromatic amines is 1. The van der Waals surface area contributed by atoms with E-state index in [-0.39, 0.29) is 24.1 Å². The van der Waals surface area contributed by atoms with Gasteiger partial charge >= 0.3 is 5.69 Å². The summed E-state index contributed by atoms with van der Waals surface area (Å²) in [5.74, 6) is 0.433. The Morgan fingerprint density at radius 2 is 1.93 bits per heavy atom. The van der Waals surface area contributed by atoms with Crippen molar-refractivity contribution in [2.24, 2.45) is 5.92 Å². The van der Waals surface area contributed by atoms with E-state index in [0.29, 0.717) is 21.7 Å². The molecule has 1 aliphatic rings. The highest BCUT2D eigenvalue weighted by Gasteiger charge is 2.23. The summed E-state index contributed by atoms with van der Waals surface area (Å²) in [6, 6.07) is 9.05. The van der Waals surface area contributed by atoms with E-state index in [4.69, 9.17) is 0 Å². The molecule has 28 heavy (non-hydrogen) atoms. The molecule has 146 valence electrons. The summed E-state index contributed by atoms with van der Waals surface area (Å²) < 4.78 is 1.73. The zero-order chi connectivity index (χ0) is 19.7. The van der Waals surface area contributed by atoms with Gasteiger partial charge in [0.05, 0.1) is 12.1 Å². The number of thiophene rings is 1. The molecule has 0 saturated heterocycles. The van der Waals surface area contributed by atoms with Crippen LogP contribution in [0, 0.1) is 5.92 Å². The molecule has 4 rings (SSSR count). The molecule has 2 atom stereocenters. The van der Waals surface area contributed by atoms with Gasteiger partial charge in [0, 0.05) is 11.6 Å². The Hall–Kier alpha value is -2.67.